The smallest absolute Gasteiger partial charge is 0.306 e. The van der Waals surface area contributed by atoms with Crippen molar-refractivity contribution in [3.63, 3.8) is 0 Å². The van der Waals surface area contributed by atoms with Crippen LogP contribution in [0.4, 0.5) is 17.2 Å². The predicted octanol–water partition coefficient (Wildman–Crippen LogP) is 3.85. The average Bonchev–Trinajstić information content (AvgIpc) is 3.07. The van der Waals surface area contributed by atoms with E-state index in [-0.39, 0.29) is 22.2 Å². The third-order valence-electron chi connectivity index (χ3n) is 4.40. The van der Waals surface area contributed by atoms with Crippen LogP contribution >= 0.6 is 11.3 Å². The molecule has 28 heavy (non-hydrogen) atoms. The lowest BCUT2D eigenvalue weighted by Crippen LogP contribution is -2.11. The van der Waals surface area contributed by atoms with E-state index in [0.717, 1.165) is 27.3 Å². The number of allylic oxidation sites excluding steroid dienone is 1. The van der Waals surface area contributed by atoms with E-state index >= 15 is 0 Å². The van der Waals surface area contributed by atoms with Crippen LogP contribution in [0.5, 0.6) is 0 Å². The molecule has 3 aromatic rings. The zero-order valence-corrected chi connectivity index (χ0v) is 14.9. The molecule has 1 unspecified atom stereocenters. The minimum atomic E-state index is -0.472. The summed E-state index contributed by atoms with van der Waals surface area (Å²) in [5, 5.41) is 24.9. The quantitative estimate of drug-likeness (QED) is 0.509. The third kappa shape index (κ3) is 3.16. The van der Waals surface area contributed by atoms with Gasteiger partial charge in [0.15, 0.2) is 0 Å². The minimum Gasteiger partial charge on any atom is -0.341 e. The molecule has 2 N–H and O–H groups in total. The van der Waals surface area contributed by atoms with Crippen molar-refractivity contribution < 1.29 is 9.85 Å². The van der Waals surface area contributed by atoms with Gasteiger partial charge in [0.1, 0.15) is 5.82 Å². The van der Waals surface area contributed by atoms with E-state index in [9.17, 15) is 25.0 Å². The molecule has 1 aliphatic heterocycles. The van der Waals surface area contributed by atoms with Gasteiger partial charge in [0.05, 0.1) is 14.7 Å². The molecule has 2 heterocycles. The van der Waals surface area contributed by atoms with Crippen LogP contribution in [0.1, 0.15) is 21.9 Å². The van der Waals surface area contributed by atoms with Crippen LogP contribution in [0.3, 0.4) is 0 Å². The van der Waals surface area contributed by atoms with Crippen LogP contribution in [0, 0.1) is 20.2 Å². The van der Waals surface area contributed by atoms with Gasteiger partial charge in [-0.05, 0) is 29.3 Å². The molecule has 2 aromatic carbocycles. The predicted molar refractivity (Wildman–Crippen MR) is 105 cm³/mol. The lowest BCUT2D eigenvalue weighted by Gasteiger charge is -2.23. The number of hydrogen-bond acceptors (Lipinski definition) is 7. The van der Waals surface area contributed by atoms with Gasteiger partial charge in [-0.25, -0.2) is 0 Å². The molecule has 0 saturated carbocycles. The summed E-state index contributed by atoms with van der Waals surface area (Å²) in [5.41, 5.74) is 2.16. The molecule has 0 aliphatic carbocycles. The van der Waals surface area contributed by atoms with Crippen molar-refractivity contribution in [1.82, 2.24) is 4.98 Å². The highest BCUT2D eigenvalue weighted by Crippen LogP contribution is 2.40. The number of nitrogens with one attached hydrogen (secondary N) is 2. The molecule has 0 fully saturated rings. The highest BCUT2D eigenvalue weighted by molar-refractivity contribution is 7.10. The Morgan fingerprint density at radius 1 is 0.893 bits per heavy atom. The zero-order chi connectivity index (χ0) is 19.8. The summed E-state index contributed by atoms with van der Waals surface area (Å²) in [6.45, 7) is 0. The van der Waals surface area contributed by atoms with Gasteiger partial charge < -0.3 is 5.32 Å². The van der Waals surface area contributed by atoms with Gasteiger partial charge in [-0.1, -0.05) is 23.5 Å². The van der Waals surface area contributed by atoms with Crippen molar-refractivity contribution >= 4 is 34.2 Å². The average molecular weight is 396 g/mol. The molecule has 0 spiro atoms. The standard InChI is InChI=1S/C18H12N4O5S/c23-18-20-17-16(28-18)14(10-1-5-12(6-2-10)21(24)25)9-15(19-17)11-3-7-13(8-4-11)22(26)27/h1-9,14,19H,(H,20,23). The maximum atomic E-state index is 11.9. The number of fused-ring (bicyclic) bond motifs is 1. The first-order valence-electron chi connectivity index (χ1n) is 8.13. The molecule has 1 atom stereocenters. The molecule has 1 aliphatic rings. The second-order valence-corrected chi connectivity index (χ2v) is 7.10. The highest BCUT2D eigenvalue weighted by Gasteiger charge is 2.26. The maximum Gasteiger partial charge on any atom is 0.306 e. The second-order valence-electron chi connectivity index (χ2n) is 6.09. The molecule has 1 aromatic heterocycles. The number of nitrogens with zero attached hydrogens (tertiary/aromatic N) is 2. The summed E-state index contributed by atoms with van der Waals surface area (Å²) in [6, 6.07) is 12.2. The number of nitro groups is 2. The molecule has 9 nitrogen and oxygen atoms in total. The van der Waals surface area contributed by atoms with Gasteiger partial charge in [-0.2, -0.15) is 0 Å². The highest BCUT2D eigenvalue weighted by atomic mass is 32.1. The largest absolute Gasteiger partial charge is 0.341 e. The Kier molecular flexibility index (Phi) is 4.24. The van der Waals surface area contributed by atoms with Crippen molar-refractivity contribution in [2.24, 2.45) is 0 Å². The van der Waals surface area contributed by atoms with Gasteiger partial charge in [0, 0.05) is 35.9 Å². The first-order valence-corrected chi connectivity index (χ1v) is 8.95. The molecular formula is C18H12N4O5S. The zero-order valence-electron chi connectivity index (χ0n) is 14.1. The van der Waals surface area contributed by atoms with E-state index < -0.39 is 9.85 Å². The van der Waals surface area contributed by atoms with E-state index in [4.69, 9.17) is 0 Å². The summed E-state index contributed by atoms with van der Waals surface area (Å²) >= 11 is 1.07. The number of aromatic amines is 1. The fourth-order valence-electron chi connectivity index (χ4n) is 3.05. The Morgan fingerprint density at radius 3 is 2.04 bits per heavy atom. The number of hydrogen-bond donors (Lipinski definition) is 2. The van der Waals surface area contributed by atoms with Crippen LogP contribution in [0.2, 0.25) is 0 Å². The molecule has 4 rings (SSSR count). The van der Waals surface area contributed by atoms with Gasteiger partial charge >= 0.3 is 4.87 Å². The van der Waals surface area contributed by atoms with Crippen molar-refractivity contribution in [3.8, 4) is 0 Å². The number of benzene rings is 2. The van der Waals surface area contributed by atoms with Gasteiger partial charge in [-0.3, -0.25) is 30.0 Å². The van der Waals surface area contributed by atoms with E-state index in [1.807, 2.05) is 6.08 Å². The van der Waals surface area contributed by atoms with Crippen LogP contribution in [0.25, 0.3) is 5.70 Å². The molecule has 0 saturated heterocycles. The summed E-state index contributed by atoms with van der Waals surface area (Å²) in [6.07, 6.45) is 1.90. The van der Waals surface area contributed by atoms with Crippen LogP contribution in [-0.4, -0.2) is 14.8 Å². The van der Waals surface area contributed by atoms with Gasteiger partial charge in [0.2, 0.25) is 0 Å². The molecule has 0 amide bonds. The number of thiazole rings is 1. The minimum absolute atomic E-state index is 0.0141. The first kappa shape index (κ1) is 17.6. The monoisotopic (exact) mass is 396 g/mol. The Balaban J connectivity index is 1.77. The van der Waals surface area contributed by atoms with Crippen molar-refractivity contribution in [1.29, 1.82) is 0 Å². The fraction of sp³-hybridized carbons (Fsp3) is 0.0556. The number of nitro benzene ring substituents is 2. The van der Waals surface area contributed by atoms with E-state index in [1.54, 1.807) is 24.3 Å². The Hall–Kier alpha value is -3.79. The van der Waals surface area contributed by atoms with Crippen molar-refractivity contribution in [2.45, 2.75) is 5.92 Å². The summed E-state index contributed by atoms with van der Waals surface area (Å²) in [5.74, 6) is 0.264. The Bertz CT molecular complexity index is 1160. The summed E-state index contributed by atoms with van der Waals surface area (Å²) in [4.78, 5) is 36.0. The molecular weight excluding hydrogens is 384 g/mol. The first-order chi connectivity index (χ1) is 13.4. The fourth-order valence-corrected chi connectivity index (χ4v) is 3.94. The maximum absolute atomic E-state index is 11.9. The Morgan fingerprint density at radius 2 is 1.46 bits per heavy atom. The number of rotatable bonds is 4. The molecule has 140 valence electrons. The van der Waals surface area contributed by atoms with E-state index in [2.05, 4.69) is 10.3 Å². The number of anilines is 1. The SMILES string of the molecule is O=c1[nH]c2c(s1)C(c1ccc([N+](=O)[O-])cc1)C=C(c1ccc([N+](=O)[O-])cc1)N2. The van der Waals surface area contributed by atoms with Crippen molar-refractivity contribution in [3.05, 3.63) is 101 Å². The number of H-pyrrole nitrogens is 1. The summed E-state index contributed by atoms with van der Waals surface area (Å²) < 4.78 is 0. The molecule has 10 heteroatoms. The van der Waals surface area contributed by atoms with Crippen molar-refractivity contribution in [2.75, 3.05) is 5.32 Å². The van der Waals surface area contributed by atoms with Gasteiger partial charge in [-0.15, -0.1) is 0 Å². The topological polar surface area (TPSA) is 131 Å². The number of aromatic nitrogens is 1. The molecule has 0 radical (unpaired) electrons. The molecule has 0 bridgehead atoms. The normalized spacial score (nSPS) is 15.3. The van der Waals surface area contributed by atoms with E-state index in [1.165, 1.54) is 24.3 Å². The third-order valence-corrected chi connectivity index (χ3v) is 5.37. The number of non-ortho nitro benzene ring substituents is 2. The lowest BCUT2D eigenvalue weighted by molar-refractivity contribution is -0.385. The van der Waals surface area contributed by atoms with Crippen LogP contribution < -0.4 is 10.2 Å². The van der Waals surface area contributed by atoms with Crippen LogP contribution in [-0.2, 0) is 0 Å². The van der Waals surface area contributed by atoms with Crippen LogP contribution in [0.15, 0.2) is 59.4 Å². The Labute approximate surface area is 161 Å². The lowest BCUT2D eigenvalue weighted by atomic mass is 9.92. The van der Waals surface area contributed by atoms with E-state index in [0.29, 0.717) is 11.5 Å². The summed E-state index contributed by atoms with van der Waals surface area (Å²) in [7, 11) is 0. The second kappa shape index (κ2) is 6.74. The van der Waals surface area contributed by atoms with Gasteiger partial charge in [0.25, 0.3) is 11.4 Å².